The molecule has 0 spiro atoms. The Morgan fingerprint density at radius 3 is 2.51 bits per heavy atom. The van der Waals surface area contributed by atoms with E-state index in [1.807, 2.05) is 12.1 Å². The molecule has 2 aromatic rings. The van der Waals surface area contributed by atoms with Crippen LogP contribution in [0.3, 0.4) is 0 Å². The Balaban J connectivity index is 1.53. The Bertz CT molecular complexity index is 1050. The molecule has 10 heteroatoms. The molecule has 6 N–H and O–H groups in total. The van der Waals surface area contributed by atoms with Crippen molar-refractivity contribution >= 4 is 29.3 Å². The van der Waals surface area contributed by atoms with Gasteiger partial charge in [-0.3, -0.25) is 4.79 Å². The van der Waals surface area contributed by atoms with Crippen LogP contribution in [0.4, 0.5) is 22.1 Å². The first-order valence-electron chi connectivity index (χ1n) is 12.3. The molecular weight excluding hydrogens is 444 g/mol. The minimum absolute atomic E-state index is 0.00525. The Morgan fingerprint density at radius 2 is 1.89 bits per heavy atom. The number of hydrogen-bond acceptors (Lipinski definition) is 7. The van der Waals surface area contributed by atoms with Gasteiger partial charge in [0, 0.05) is 50.9 Å². The number of hydrogen-bond donors (Lipinski definition) is 4. The van der Waals surface area contributed by atoms with Crippen LogP contribution in [0.1, 0.15) is 54.6 Å². The van der Waals surface area contributed by atoms with Crippen molar-refractivity contribution in [3.63, 3.8) is 0 Å². The van der Waals surface area contributed by atoms with Crippen molar-refractivity contribution in [2.45, 2.75) is 50.0 Å². The zero-order valence-electron chi connectivity index (χ0n) is 20.6. The highest BCUT2D eigenvalue weighted by Gasteiger charge is 2.34. The summed E-state index contributed by atoms with van der Waals surface area (Å²) >= 11 is 0. The lowest BCUT2D eigenvalue weighted by Crippen LogP contribution is -2.50. The minimum Gasteiger partial charge on any atom is -0.364 e. The third-order valence-corrected chi connectivity index (χ3v) is 7.18. The number of primary amides is 1. The van der Waals surface area contributed by atoms with Crippen LogP contribution < -0.4 is 27.0 Å². The maximum Gasteiger partial charge on any atom is 0.317 e. The maximum absolute atomic E-state index is 12.1. The average Bonchev–Trinajstić information content (AvgIpc) is 3.35. The topological polar surface area (TPSA) is 142 Å². The van der Waals surface area contributed by atoms with Crippen LogP contribution in [0, 0.1) is 0 Å². The Morgan fingerprint density at radius 1 is 1.17 bits per heavy atom. The lowest BCUT2D eigenvalue weighted by Gasteiger charge is -2.34. The van der Waals surface area contributed by atoms with E-state index in [1.165, 1.54) is 23.3 Å². The van der Waals surface area contributed by atoms with E-state index in [1.54, 1.807) is 20.3 Å². The van der Waals surface area contributed by atoms with Gasteiger partial charge in [0.05, 0.1) is 6.20 Å². The second kappa shape index (κ2) is 10.5. The van der Waals surface area contributed by atoms with Crippen molar-refractivity contribution in [3.8, 4) is 0 Å². The number of piperidine rings is 1. The molecule has 10 nitrogen and oxygen atoms in total. The summed E-state index contributed by atoms with van der Waals surface area (Å²) < 4.78 is 0. The van der Waals surface area contributed by atoms with Gasteiger partial charge in [-0.05, 0) is 43.4 Å². The number of amides is 3. The minimum atomic E-state index is -0.647. The number of carbonyl (C=O) groups excluding carboxylic acids is 2. The van der Waals surface area contributed by atoms with E-state index < -0.39 is 5.91 Å². The van der Waals surface area contributed by atoms with Gasteiger partial charge in [-0.2, -0.15) is 0 Å². The molecule has 1 aliphatic heterocycles. The van der Waals surface area contributed by atoms with E-state index in [9.17, 15) is 9.59 Å². The molecule has 1 unspecified atom stereocenters. The highest BCUT2D eigenvalue weighted by atomic mass is 16.2. The molecule has 2 fully saturated rings. The smallest absolute Gasteiger partial charge is 0.317 e. The molecule has 3 amide bonds. The molecule has 188 valence electrons. The van der Waals surface area contributed by atoms with E-state index >= 15 is 0 Å². The summed E-state index contributed by atoms with van der Waals surface area (Å²) in [7, 11) is 3.44. The lowest BCUT2D eigenvalue weighted by atomic mass is 9.79. The van der Waals surface area contributed by atoms with Crippen LogP contribution in [0.25, 0.3) is 0 Å². The lowest BCUT2D eigenvalue weighted by molar-refractivity contribution is 0.0996. The monoisotopic (exact) mass is 480 g/mol. The molecule has 2 aliphatic rings. The third-order valence-electron chi connectivity index (χ3n) is 7.18. The highest BCUT2D eigenvalue weighted by Crippen LogP contribution is 2.40. The molecular formula is C25H36N8O2. The Labute approximate surface area is 206 Å². The number of nitrogens with one attached hydrogen (secondary N) is 2. The molecule has 2 heterocycles. The number of nitrogens with zero attached hydrogens (tertiary/aromatic N) is 4. The van der Waals surface area contributed by atoms with Crippen LogP contribution in [0.5, 0.6) is 0 Å². The van der Waals surface area contributed by atoms with Gasteiger partial charge in [0.15, 0.2) is 11.5 Å². The van der Waals surface area contributed by atoms with Crippen LogP contribution in [-0.4, -0.2) is 66.6 Å². The van der Waals surface area contributed by atoms with Crippen LogP contribution in [0.2, 0.25) is 0 Å². The molecule has 0 bridgehead atoms. The number of aromatic nitrogens is 2. The first-order chi connectivity index (χ1) is 16.8. The van der Waals surface area contributed by atoms with Gasteiger partial charge in [-0.25, -0.2) is 14.8 Å². The summed E-state index contributed by atoms with van der Waals surface area (Å²) in [5.74, 6) is 0.300. The number of urea groups is 1. The van der Waals surface area contributed by atoms with Crippen molar-refractivity contribution in [3.05, 3.63) is 41.7 Å². The van der Waals surface area contributed by atoms with Crippen molar-refractivity contribution < 1.29 is 9.59 Å². The Hall–Kier alpha value is -3.40. The van der Waals surface area contributed by atoms with E-state index in [-0.39, 0.29) is 23.2 Å². The number of nitrogens with two attached hydrogens (primary N) is 2. The number of carbonyl (C=O) groups is 2. The quantitative estimate of drug-likeness (QED) is 0.476. The SMILES string of the molecule is CN(C)C(=O)NC1CCCN(c2cnc(C(N)=O)c(Nc3ccc(C4(CN)CCCC4)cc3)n2)C1. The summed E-state index contributed by atoms with van der Waals surface area (Å²) in [4.78, 5) is 36.7. The normalized spacial score (nSPS) is 19.3. The average molecular weight is 481 g/mol. The van der Waals surface area contributed by atoms with Crippen molar-refractivity contribution in [1.29, 1.82) is 0 Å². The summed E-state index contributed by atoms with van der Waals surface area (Å²) in [6.45, 7) is 2.04. The molecule has 1 saturated heterocycles. The van der Waals surface area contributed by atoms with Crippen molar-refractivity contribution in [2.24, 2.45) is 11.5 Å². The Kier molecular flexibility index (Phi) is 7.39. The maximum atomic E-state index is 12.1. The van der Waals surface area contributed by atoms with Crippen LogP contribution in [-0.2, 0) is 5.41 Å². The molecule has 1 aromatic carbocycles. The van der Waals surface area contributed by atoms with Gasteiger partial charge in [0.25, 0.3) is 5.91 Å². The zero-order chi connectivity index (χ0) is 25.0. The highest BCUT2D eigenvalue weighted by molar-refractivity contribution is 5.96. The molecule has 1 atom stereocenters. The summed E-state index contributed by atoms with van der Waals surface area (Å²) in [6.07, 6.45) is 8.00. The predicted molar refractivity (Wildman–Crippen MR) is 137 cm³/mol. The van der Waals surface area contributed by atoms with Gasteiger partial charge < -0.3 is 31.9 Å². The first-order valence-corrected chi connectivity index (χ1v) is 12.3. The fourth-order valence-corrected chi connectivity index (χ4v) is 5.11. The van der Waals surface area contributed by atoms with Gasteiger partial charge in [-0.1, -0.05) is 25.0 Å². The number of rotatable bonds is 7. The summed E-state index contributed by atoms with van der Waals surface area (Å²) in [6, 6.07) is 8.06. The molecule has 1 aromatic heterocycles. The van der Waals surface area contributed by atoms with Gasteiger partial charge >= 0.3 is 6.03 Å². The van der Waals surface area contributed by atoms with Crippen molar-refractivity contribution in [1.82, 2.24) is 20.2 Å². The number of anilines is 3. The van der Waals surface area contributed by atoms with Crippen LogP contribution in [0.15, 0.2) is 30.5 Å². The van der Waals surface area contributed by atoms with E-state index in [0.29, 0.717) is 24.7 Å². The molecule has 4 rings (SSSR count). The second-order valence-corrected chi connectivity index (χ2v) is 9.81. The molecule has 35 heavy (non-hydrogen) atoms. The fourth-order valence-electron chi connectivity index (χ4n) is 5.11. The zero-order valence-corrected chi connectivity index (χ0v) is 20.6. The molecule has 0 radical (unpaired) electrons. The second-order valence-electron chi connectivity index (χ2n) is 9.81. The molecule has 1 aliphatic carbocycles. The van der Waals surface area contributed by atoms with Gasteiger partial charge in [0.2, 0.25) is 0 Å². The number of benzene rings is 1. The first kappa shape index (κ1) is 24.7. The predicted octanol–water partition coefficient (Wildman–Crippen LogP) is 2.33. The summed E-state index contributed by atoms with van der Waals surface area (Å²) in [5, 5.41) is 6.27. The van der Waals surface area contributed by atoms with Crippen molar-refractivity contribution in [2.75, 3.05) is 43.9 Å². The largest absolute Gasteiger partial charge is 0.364 e. The third kappa shape index (κ3) is 5.48. The fraction of sp³-hybridized carbons (Fsp3) is 0.520. The molecule has 1 saturated carbocycles. The van der Waals surface area contributed by atoms with E-state index in [2.05, 4.69) is 32.7 Å². The van der Waals surface area contributed by atoms with E-state index in [4.69, 9.17) is 16.5 Å². The van der Waals surface area contributed by atoms with E-state index in [0.717, 1.165) is 37.9 Å². The van der Waals surface area contributed by atoms with Gasteiger partial charge in [-0.15, -0.1) is 0 Å². The van der Waals surface area contributed by atoms with Crippen LogP contribution >= 0.6 is 0 Å². The van der Waals surface area contributed by atoms with Gasteiger partial charge in [0.1, 0.15) is 5.82 Å². The summed E-state index contributed by atoms with van der Waals surface area (Å²) in [5.41, 5.74) is 13.9. The standard InChI is InChI=1S/C25H36N8O2/c1-32(2)24(35)30-19-6-5-13-33(15-19)20-14-28-21(22(27)34)23(31-20)29-18-9-7-17(8-10-18)25(16-26)11-3-4-12-25/h7-10,14,19H,3-6,11-13,15-16,26H2,1-2H3,(H2,27,34)(H,29,31)(H,30,35).